The van der Waals surface area contributed by atoms with Gasteiger partial charge in [0.25, 0.3) is 0 Å². The molecule has 2 heterocycles. The second-order valence-corrected chi connectivity index (χ2v) is 7.41. The molecule has 1 aliphatic heterocycles. The molecule has 2 N–H and O–H groups in total. The largest absolute Gasteiger partial charge is 0.365 e. The minimum atomic E-state index is -0.0140. The number of amides is 1. The Morgan fingerprint density at radius 2 is 2.17 bits per heavy atom. The predicted octanol–water partition coefficient (Wildman–Crippen LogP) is 3.07. The van der Waals surface area contributed by atoms with Gasteiger partial charge in [-0.1, -0.05) is 42.4 Å². The number of hydrogen-bond acceptors (Lipinski definition) is 6. The maximum absolute atomic E-state index is 11.6. The molecule has 1 saturated heterocycles. The second kappa shape index (κ2) is 9.52. The number of allylic oxidation sites excluding steroid dienone is 1. The first kappa shape index (κ1) is 20.8. The normalized spacial score (nSPS) is 15.8. The number of likely N-dealkylation sites (tertiary alicyclic amines) is 1. The monoisotopic (exact) mass is 413 g/mol. The van der Waals surface area contributed by atoms with Crippen molar-refractivity contribution in [1.82, 2.24) is 14.9 Å². The Morgan fingerprint density at radius 3 is 2.90 bits per heavy atom. The first-order chi connectivity index (χ1) is 13.9. The molecule has 0 bridgehead atoms. The van der Waals surface area contributed by atoms with E-state index in [1.165, 1.54) is 6.08 Å². The van der Waals surface area contributed by atoms with E-state index < -0.39 is 0 Å². The molecule has 1 atom stereocenters. The molecule has 0 spiro atoms. The highest BCUT2D eigenvalue weighted by Gasteiger charge is 2.24. The zero-order valence-electron chi connectivity index (χ0n) is 16.3. The van der Waals surface area contributed by atoms with Gasteiger partial charge in [-0.25, -0.2) is 4.98 Å². The number of halogens is 1. The molecule has 8 heteroatoms. The lowest BCUT2D eigenvalue weighted by Crippen LogP contribution is -2.30. The fourth-order valence-corrected chi connectivity index (χ4v) is 3.37. The van der Waals surface area contributed by atoms with Crippen LogP contribution in [-0.2, 0) is 22.6 Å². The van der Waals surface area contributed by atoms with Gasteiger partial charge in [0, 0.05) is 39.0 Å². The Bertz CT molecular complexity index is 918. The van der Waals surface area contributed by atoms with Crippen molar-refractivity contribution in [3.8, 4) is 0 Å². The summed E-state index contributed by atoms with van der Waals surface area (Å²) in [5, 5.41) is 6.91. The maximum atomic E-state index is 11.6. The Morgan fingerprint density at radius 1 is 1.38 bits per heavy atom. The van der Waals surface area contributed by atoms with Crippen LogP contribution >= 0.6 is 11.6 Å². The van der Waals surface area contributed by atoms with Crippen molar-refractivity contribution in [2.75, 3.05) is 23.7 Å². The summed E-state index contributed by atoms with van der Waals surface area (Å²) in [5.74, 6) is 1.06. The average Bonchev–Trinajstić information content (AvgIpc) is 3.17. The summed E-state index contributed by atoms with van der Waals surface area (Å²) >= 11 is 6.24. The fourth-order valence-electron chi connectivity index (χ4n) is 3.22. The number of benzene rings is 1. The maximum Gasteiger partial charge on any atom is 0.224 e. The Labute approximate surface area is 175 Å². The summed E-state index contributed by atoms with van der Waals surface area (Å²) in [6.45, 7) is 6.96. The number of nitrogens with one attached hydrogen (secondary N) is 2. The van der Waals surface area contributed by atoms with Crippen LogP contribution in [0.5, 0.6) is 0 Å². The van der Waals surface area contributed by atoms with Crippen molar-refractivity contribution < 1.29 is 9.59 Å². The van der Waals surface area contributed by atoms with Crippen LogP contribution in [0, 0.1) is 0 Å². The quantitative estimate of drug-likeness (QED) is 0.647. The van der Waals surface area contributed by atoms with E-state index in [2.05, 4.69) is 27.2 Å². The first-order valence-electron chi connectivity index (χ1n) is 9.46. The lowest BCUT2D eigenvalue weighted by Gasteiger charge is -2.16. The topological polar surface area (TPSA) is 87.2 Å². The van der Waals surface area contributed by atoms with Crippen molar-refractivity contribution in [1.29, 1.82) is 0 Å². The highest BCUT2D eigenvalue weighted by Crippen LogP contribution is 2.22. The minimum absolute atomic E-state index is 0.0140. The Hall–Kier alpha value is -2.93. The molecular weight excluding hydrogens is 390 g/mol. The molecular formula is C21H24ClN5O2. The van der Waals surface area contributed by atoms with Gasteiger partial charge in [-0.05, 0) is 23.6 Å². The van der Waals surface area contributed by atoms with Crippen LogP contribution in [0.3, 0.4) is 0 Å². The lowest BCUT2D eigenvalue weighted by molar-refractivity contribution is -0.127. The number of anilines is 2. The van der Waals surface area contributed by atoms with E-state index in [4.69, 9.17) is 11.6 Å². The molecule has 0 unspecified atom stereocenters. The summed E-state index contributed by atoms with van der Waals surface area (Å²) in [6.07, 6.45) is 4.07. The molecule has 0 aliphatic carbocycles. The molecule has 2 aromatic rings. The number of carbonyl (C=O) groups excluding carboxylic acids is 2. The van der Waals surface area contributed by atoms with Gasteiger partial charge in [-0.15, -0.1) is 0 Å². The number of hydrogen-bond donors (Lipinski definition) is 2. The van der Waals surface area contributed by atoms with E-state index in [9.17, 15) is 9.59 Å². The average molecular weight is 414 g/mol. The summed E-state index contributed by atoms with van der Waals surface area (Å²) in [5.41, 5.74) is 1.94. The zero-order valence-corrected chi connectivity index (χ0v) is 17.1. The van der Waals surface area contributed by atoms with Gasteiger partial charge in [-0.3, -0.25) is 9.59 Å². The van der Waals surface area contributed by atoms with Gasteiger partial charge in [0.15, 0.2) is 11.6 Å². The van der Waals surface area contributed by atoms with E-state index in [1.54, 1.807) is 18.0 Å². The second-order valence-electron chi connectivity index (χ2n) is 7.01. The van der Waals surface area contributed by atoms with Crippen LogP contribution < -0.4 is 10.6 Å². The van der Waals surface area contributed by atoms with Gasteiger partial charge < -0.3 is 15.5 Å². The molecule has 3 rings (SSSR count). The number of nitrogens with zero attached hydrogens (tertiary/aromatic N) is 3. The van der Waals surface area contributed by atoms with Crippen molar-refractivity contribution in [2.24, 2.45) is 0 Å². The fraction of sp³-hybridized carbons (Fsp3) is 0.333. The van der Waals surface area contributed by atoms with E-state index in [0.29, 0.717) is 36.3 Å². The van der Waals surface area contributed by atoms with E-state index in [1.807, 2.05) is 24.3 Å². The van der Waals surface area contributed by atoms with Crippen LogP contribution in [0.4, 0.5) is 11.8 Å². The lowest BCUT2D eigenvalue weighted by atomic mass is 10.1. The molecule has 7 nitrogen and oxygen atoms in total. The number of aromatic nitrogens is 2. The summed E-state index contributed by atoms with van der Waals surface area (Å²) in [4.78, 5) is 33.5. The smallest absolute Gasteiger partial charge is 0.224 e. The molecule has 29 heavy (non-hydrogen) atoms. The number of ketones is 1. The van der Waals surface area contributed by atoms with Crippen LogP contribution in [0.15, 0.2) is 43.1 Å². The van der Waals surface area contributed by atoms with Crippen LogP contribution in [-0.4, -0.2) is 45.7 Å². The molecule has 1 amide bonds. The predicted molar refractivity (Wildman–Crippen MR) is 114 cm³/mol. The highest BCUT2D eigenvalue weighted by atomic mass is 35.5. The summed E-state index contributed by atoms with van der Waals surface area (Å²) < 4.78 is 0. The van der Waals surface area contributed by atoms with Crippen molar-refractivity contribution in [2.45, 2.75) is 32.4 Å². The van der Waals surface area contributed by atoms with E-state index in [0.717, 1.165) is 24.1 Å². The van der Waals surface area contributed by atoms with Crippen molar-refractivity contribution >= 4 is 35.1 Å². The molecule has 0 radical (unpaired) electrons. The van der Waals surface area contributed by atoms with Gasteiger partial charge >= 0.3 is 0 Å². The van der Waals surface area contributed by atoms with Gasteiger partial charge in [-0.2, -0.15) is 4.98 Å². The van der Waals surface area contributed by atoms with Crippen molar-refractivity contribution in [3.63, 3.8) is 0 Å². The standard InChI is InChI=1S/C21H24ClN5O2/c1-3-18(29)10-15-5-4-6-16(9-15)11-23-20-19(22)12-24-21(26-20)25-17-7-8-27(13-17)14(2)28/h3-6,9,12,17H,1,7-8,10-11,13H2,2H3,(H2,23,24,25,26)/t17-/m0/s1. The van der Waals surface area contributed by atoms with Gasteiger partial charge in [0.1, 0.15) is 5.02 Å². The third kappa shape index (κ3) is 5.77. The number of carbonyl (C=O) groups is 2. The van der Waals surface area contributed by atoms with Crippen molar-refractivity contribution in [3.05, 3.63) is 59.3 Å². The first-order valence-corrected chi connectivity index (χ1v) is 9.84. The molecule has 1 aromatic heterocycles. The Kier molecular flexibility index (Phi) is 6.82. The minimum Gasteiger partial charge on any atom is -0.365 e. The molecule has 1 aliphatic rings. The molecule has 152 valence electrons. The van der Waals surface area contributed by atoms with Crippen LogP contribution in [0.25, 0.3) is 0 Å². The molecule has 1 fully saturated rings. The molecule has 0 saturated carbocycles. The van der Waals surface area contributed by atoms with Gasteiger partial charge in [0.2, 0.25) is 11.9 Å². The third-order valence-corrected chi connectivity index (χ3v) is 5.04. The Balaban J connectivity index is 1.62. The van der Waals surface area contributed by atoms with Gasteiger partial charge in [0.05, 0.1) is 6.20 Å². The van der Waals surface area contributed by atoms with Crippen LogP contribution in [0.1, 0.15) is 24.5 Å². The highest BCUT2D eigenvalue weighted by molar-refractivity contribution is 6.32. The summed E-state index contributed by atoms with van der Waals surface area (Å²) in [7, 11) is 0. The van der Waals surface area contributed by atoms with E-state index >= 15 is 0 Å². The third-order valence-electron chi connectivity index (χ3n) is 4.77. The SMILES string of the molecule is C=CC(=O)Cc1cccc(CNc2nc(N[C@H]3CCN(C(C)=O)C3)ncc2Cl)c1. The molecule has 1 aromatic carbocycles. The summed E-state index contributed by atoms with van der Waals surface area (Å²) in [6, 6.07) is 7.89. The zero-order chi connectivity index (χ0) is 20.8. The van der Waals surface area contributed by atoms with E-state index in [-0.39, 0.29) is 17.7 Å². The van der Waals surface area contributed by atoms with Crippen LogP contribution in [0.2, 0.25) is 5.02 Å². The number of rotatable bonds is 8.